The van der Waals surface area contributed by atoms with Crippen molar-refractivity contribution in [3.63, 3.8) is 0 Å². The predicted molar refractivity (Wildman–Crippen MR) is 31.3 cm³/mol. The van der Waals surface area contributed by atoms with Crippen LogP contribution in [0.1, 0.15) is 13.3 Å². The van der Waals surface area contributed by atoms with Gasteiger partial charge in [-0.2, -0.15) is 6.42 Å². The third-order valence-electron chi connectivity index (χ3n) is 0. The van der Waals surface area contributed by atoms with Crippen LogP contribution in [0.25, 0.3) is 0 Å². The van der Waals surface area contributed by atoms with Crippen molar-refractivity contribution in [3.8, 4) is 0 Å². The van der Waals surface area contributed by atoms with E-state index in [4.69, 9.17) is 0 Å². The van der Waals surface area contributed by atoms with Gasteiger partial charge in [0.25, 0.3) is 0 Å². The predicted octanol–water partition coefficient (Wildman–Crippen LogP) is 1.46. The van der Waals surface area contributed by atoms with Gasteiger partial charge in [0.15, 0.2) is 0 Å². The zero-order valence-electron chi connectivity index (χ0n) is 4.41. The van der Waals surface area contributed by atoms with E-state index in [9.17, 15) is 0 Å². The molecule has 0 rings (SSSR count). The van der Waals surface area contributed by atoms with E-state index in [1.165, 1.54) is 0 Å². The van der Waals surface area contributed by atoms with Gasteiger partial charge in [-0.3, -0.25) is 6.58 Å². The van der Waals surface area contributed by atoms with Gasteiger partial charge in [0.2, 0.25) is 0 Å². The number of rotatable bonds is 0. The first-order chi connectivity index (χ1) is 2.41. The molecule has 0 aromatic carbocycles. The fourth-order valence-electron chi connectivity index (χ4n) is 0. The minimum Gasteiger partial charge on any atom is -0.521 e. The van der Waals surface area contributed by atoms with Crippen LogP contribution in [0.15, 0.2) is 6.58 Å². The minimum atomic E-state index is 0. The average molecular weight is 94.4 g/mol. The molecule has 0 bridgehead atoms. The second kappa shape index (κ2) is 49.3. The van der Waals surface area contributed by atoms with E-state index in [-0.39, 0.29) is 23.1 Å². The maximum atomic E-state index is 4.25. The molecule has 0 atom stereocenters. The first kappa shape index (κ1) is 16.0. The molecule has 0 unspecified atom stereocenters. The van der Waals surface area contributed by atoms with Gasteiger partial charge in [0.1, 0.15) is 0 Å². The van der Waals surface area contributed by atoms with Crippen molar-refractivity contribution in [1.29, 1.82) is 0 Å². The van der Waals surface area contributed by atoms with Gasteiger partial charge in [-0.15, -0.1) is 0 Å². The Hall–Kier alpha value is 0.506. The summed E-state index contributed by atoms with van der Waals surface area (Å²) in [7, 11) is 0. The second-order valence-electron chi connectivity index (χ2n) is 0.500. The Bertz CT molecular complexity index is 7.90. The number of hydrogen-bond donors (Lipinski definition) is 0. The van der Waals surface area contributed by atoms with Crippen molar-refractivity contribution < 1.29 is 0 Å². The zero-order chi connectivity index (χ0) is 4.71. The molecule has 0 aliphatic rings. The molecule has 0 spiro atoms. The molecule has 0 nitrogen and oxygen atoms in total. The van der Waals surface area contributed by atoms with E-state index >= 15 is 0 Å². The quantitative estimate of drug-likeness (QED) is 0.315. The standard InChI is InChI=1S/C3H7.C2H3.Mg/c1-3-2;1-2;/h1,3H2,2H3;1H,2H2;/q2*-1;+2. The summed E-state index contributed by atoms with van der Waals surface area (Å²) >= 11 is 0. The molecule has 32 valence electrons. The van der Waals surface area contributed by atoms with Gasteiger partial charge in [0, 0.05) is 0 Å². The Balaban J connectivity index is -0.0000000275. The van der Waals surface area contributed by atoms with E-state index < -0.39 is 0 Å². The van der Waals surface area contributed by atoms with Gasteiger partial charge in [0.05, 0.1) is 0 Å². The fourth-order valence-corrected chi connectivity index (χ4v) is 0. The molecule has 0 radical (unpaired) electrons. The van der Waals surface area contributed by atoms with Crippen LogP contribution in [0.5, 0.6) is 0 Å². The first-order valence-corrected chi connectivity index (χ1v) is 1.62. The summed E-state index contributed by atoms with van der Waals surface area (Å²) in [5.41, 5.74) is 0. The van der Waals surface area contributed by atoms with Crippen molar-refractivity contribution in [2.24, 2.45) is 0 Å². The Kier molecular flexibility index (Phi) is 132. The monoisotopic (exact) mass is 94.1 g/mol. The van der Waals surface area contributed by atoms with Crippen LogP contribution in [0.4, 0.5) is 0 Å². The Morgan fingerprint density at radius 1 is 1.67 bits per heavy atom. The van der Waals surface area contributed by atoms with Crippen LogP contribution >= 0.6 is 0 Å². The van der Waals surface area contributed by atoms with Crippen molar-refractivity contribution in [1.82, 2.24) is 0 Å². The normalized spacial score (nSPS) is 3.67. The van der Waals surface area contributed by atoms with Crippen LogP contribution in [-0.4, -0.2) is 23.1 Å². The average Bonchev–Trinajstić information content (AvgIpc) is 1.46. The summed E-state index contributed by atoms with van der Waals surface area (Å²) in [6, 6.07) is 0. The summed E-state index contributed by atoms with van der Waals surface area (Å²) in [6.07, 6.45) is 1.00. The molecule has 0 heterocycles. The summed E-state index contributed by atoms with van der Waals surface area (Å²) in [6.45, 7) is 12.5. The SMILES string of the molecule is [CH-]=C.[CH2-]CC.[Mg+2]. The first-order valence-electron chi connectivity index (χ1n) is 1.62. The third kappa shape index (κ3) is 216. The van der Waals surface area contributed by atoms with Gasteiger partial charge < -0.3 is 13.5 Å². The van der Waals surface area contributed by atoms with Crippen LogP contribution in [0, 0.1) is 13.5 Å². The molecule has 0 saturated carbocycles. The molecule has 0 aromatic heterocycles. The maximum Gasteiger partial charge on any atom is 2.00 e. The molecule has 0 aliphatic carbocycles. The Morgan fingerprint density at radius 2 is 1.67 bits per heavy atom. The Morgan fingerprint density at radius 3 is 1.67 bits per heavy atom. The molecule has 0 N–H and O–H groups in total. The van der Waals surface area contributed by atoms with Gasteiger partial charge in [-0.05, 0) is 0 Å². The van der Waals surface area contributed by atoms with Crippen LogP contribution in [0.2, 0.25) is 0 Å². The molecule has 0 aliphatic heterocycles. The van der Waals surface area contributed by atoms with Crippen molar-refractivity contribution in [2.45, 2.75) is 13.3 Å². The number of hydrogen-bond acceptors (Lipinski definition) is 0. The smallest absolute Gasteiger partial charge is 0.521 e. The third-order valence-corrected chi connectivity index (χ3v) is 0. The largest absolute Gasteiger partial charge is 2.00 e. The second-order valence-corrected chi connectivity index (χ2v) is 0.500. The topological polar surface area (TPSA) is 0 Å². The van der Waals surface area contributed by atoms with E-state index in [2.05, 4.69) is 20.1 Å². The zero-order valence-corrected chi connectivity index (χ0v) is 5.82. The van der Waals surface area contributed by atoms with Crippen molar-refractivity contribution >= 4 is 23.1 Å². The molecule has 0 amide bonds. The summed E-state index contributed by atoms with van der Waals surface area (Å²) < 4.78 is 0. The molecular formula is C5H10Mg. The summed E-state index contributed by atoms with van der Waals surface area (Å²) in [4.78, 5) is 0. The molecule has 0 saturated heterocycles. The minimum absolute atomic E-state index is 0. The maximum absolute atomic E-state index is 4.25. The van der Waals surface area contributed by atoms with Crippen LogP contribution in [-0.2, 0) is 0 Å². The van der Waals surface area contributed by atoms with Gasteiger partial charge in [-0.25, -0.2) is 0 Å². The van der Waals surface area contributed by atoms with Crippen LogP contribution < -0.4 is 0 Å². The molecule has 0 aromatic rings. The molecule has 0 fully saturated rings. The van der Waals surface area contributed by atoms with Gasteiger partial charge in [-0.1, -0.05) is 6.92 Å². The van der Waals surface area contributed by atoms with E-state index in [1.54, 1.807) is 0 Å². The van der Waals surface area contributed by atoms with E-state index in [0.717, 1.165) is 6.42 Å². The van der Waals surface area contributed by atoms with E-state index in [0.29, 0.717) is 0 Å². The summed E-state index contributed by atoms with van der Waals surface area (Å²) in [5, 5.41) is 0. The van der Waals surface area contributed by atoms with E-state index in [1.807, 2.05) is 6.92 Å². The summed E-state index contributed by atoms with van der Waals surface area (Å²) in [5.74, 6) is 0. The molecular weight excluding hydrogens is 84.4 g/mol. The Labute approximate surface area is 56.8 Å². The van der Waals surface area contributed by atoms with Gasteiger partial charge >= 0.3 is 23.1 Å². The van der Waals surface area contributed by atoms with Crippen molar-refractivity contribution in [3.05, 3.63) is 20.1 Å². The molecule has 1 heteroatoms. The fraction of sp³-hybridized carbons (Fsp3) is 0.400. The van der Waals surface area contributed by atoms with Crippen molar-refractivity contribution in [2.75, 3.05) is 0 Å². The van der Waals surface area contributed by atoms with Crippen LogP contribution in [0.3, 0.4) is 0 Å². The molecule has 6 heavy (non-hydrogen) atoms.